The van der Waals surface area contributed by atoms with Gasteiger partial charge in [0.25, 0.3) is 0 Å². The molecule has 2 aromatic rings. The SMILES string of the molecule is CC(Cc1ccc(F)cc1)NCC(C)(O)c1cnn(C)c1. The monoisotopic (exact) mass is 291 g/mol. The van der Waals surface area contributed by atoms with Crippen molar-refractivity contribution in [2.45, 2.75) is 31.9 Å². The Balaban J connectivity index is 1.88. The first-order chi connectivity index (χ1) is 9.87. The van der Waals surface area contributed by atoms with E-state index >= 15 is 0 Å². The van der Waals surface area contributed by atoms with Crippen LogP contribution in [0.2, 0.25) is 0 Å². The molecule has 0 amide bonds. The number of benzene rings is 1. The smallest absolute Gasteiger partial charge is 0.123 e. The molecule has 0 aliphatic carbocycles. The number of aromatic nitrogens is 2. The summed E-state index contributed by atoms with van der Waals surface area (Å²) in [5.74, 6) is -0.223. The number of hydrogen-bond acceptors (Lipinski definition) is 3. The van der Waals surface area contributed by atoms with E-state index in [-0.39, 0.29) is 11.9 Å². The van der Waals surface area contributed by atoms with E-state index in [0.717, 1.165) is 17.5 Å². The molecule has 2 unspecified atom stereocenters. The Morgan fingerprint density at radius 1 is 1.38 bits per heavy atom. The van der Waals surface area contributed by atoms with Gasteiger partial charge in [-0.3, -0.25) is 4.68 Å². The first-order valence-electron chi connectivity index (χ1n) is 7.06. The number of nitrogens with one attached hydrogen (secondary N) is 1. The van der Waals surface area contributed by atoms with Crippen LogP contribution in [-0.4, -0.2) is 27.5 Å². The Morgan fingerprint density at radius 3 is 2.62 bits per heavy atom. The van der Waals surface area contributed by atoms with Crippen molar-refractivity contribution < 1.29 is 9.50 Å². The topological polar surface area (TPSA) is 50.1 Å². The summed E-state index contributed by atoms with van der Waals surface area (Å²) >= 11 is 0. The Morgan fingerprint density at radius 2 is 2.05 bits per heavy atom. The van der Waals surface area contributed by atoms with Crippen LogP contribution in [0.5, 0.6) is 0 Å². The molecule has 0 saturated carbocycles. The maximum Gasteiger partial charge on any atom is 0.123 e. The van der Waals surface area contributed by atoms with Crippen molar-refractivity contribution in [1.29, 1.82) is 0 Å². The van der Waals surface area contributed by atoms with E-state index in [1.807, 2.05) is 20.2 Å². The molecule has 1 heterocycles. The normalized spacial score (nSPS) is 15.7. The average Bonchev–Trinajstić information content (AvgIpc) is 2.87. The third-order valence-corrected chi connectivity index (χ3v) is 3.58. The van der Waals surface area contributed by atoms with E-state index in [9.17, 15) is 9.50 Å². The van der Waals surface area contributed by atoms with Gasteiger partial charge in [-0.15, -0.1) is 0 Å². The van der Waals surface area contributed by atoms with Gasteiger partial charge >= 0.3 is 0 Å². The summed E-state index contributed by atoms with van der Waals surface area (Å²) < 4.78 is 14.5. The summed E-state index contributed by atoms with van der Waals surface area (Å²) in [6, 6.07) is 6.68. The highest BCUT2D eigenvalue weighted by molar-refractivity contribution is 5.17. The molecule has 0 radical (unpaired) electrons. The number of aliphatic hydroxyl groups is 1. The molecule has 4 nitrogen and oxygen atoms in total. The molecule has 1 aromatic carbocycles. The van der Waals surface area contributed by atoms with Gasteiger partial charge in [0, 0.05) is 31.4 Å². The van der Waals surface area contributed by atoms with Crippen LogP contribution in [0.3, 0.4) is 0 Å². The minimum Gasteiger partial charge on any atom is -0.384 e. The second kappa shape index (κ2) is 6.37. The lowest BCUT2D eigenvalue weighted by molar-refractivity contribution is 0.0543. The Kier molecular flexibility index (Phi) is 4.75. The van der Waals surface area contributed by atoms with Crippen LogP contribution >= 0.6 is 0 Å². The predicted octanol–water partition coefficient (Wildman–Crippen LogP) is 1.99. The standard InChI is InChI=1S/C16H22FN3O/c1-12(8-13-4-6-15(17)7-5-13)18-11-16(2,21)14-9-19-20(3)10-14/h4-7,9-10,12,18,21H,8,11H2,1-3H3. The van der Waals surface area contributed by atoms with Crippen LogP contribution in [-0.2, 0) is 19.1 Å². The molecule has 1 aromatic heterocycles. The zero-order valence-electron chi connectivity index (χ0n) is 12.7. The molecule has 2 rings (SSSR count). The fourth-order valence-corrected chi connectivity index (χ4v) is 2.22. The van der Waals surface area contributed by atoms with Gasteiger partial charge in [0.1, 0.15) is 11.4 Å². The third kappa shape index (κ3) is 4.37. The van der Waals surface area contributed by atoms with Gasteiger partial charge in [-0.05, 0) is 38.0 Å². The molecule has 0 aliphatic rings. The third-order valence-electron chi connectivity index (χ3n) is 3.58. The Hall–Kier alpha value is -1.72. The molecule has 0 spiro atoms. The maximum atomic E-state index is 12.9. The molecule has 0 fully saturated rings. The summed E-state index contributed by atoms with van der Waals surface area (Å²) in [6.07, 6.45) is 4.27. The molecule has 5 heteroatoms. The summed E-state index contributed by atoms with van der Waals surface area (Å²) in [7, 11) is 1.82. The molecular weight excluding hydrogens is 269 g/mol. The summed E-state index contributed by atoms with van der Waals surface area (Å²) in [6.45, 7) is 4.24. The molecular formula is C16H22FN3O. The zero-order valence-corrected chi connectivity index (χ0v) is 12.7. The van der Waals surface area contributed by atoms with Gasteiger partial charge in [0.05, 0.1) is 6.20 Å². The number of hydrogen-bond donors (Lipinski definition) is 2. The number of halogens is 1. The summed E-state index contributed by atoms with van der Waals surface area (Å²) in [5, 5.41) is 17.9. The van der Waals surface area contributed by atoms with Crippen molar-refractivity contribution in [3.05, 3.63) is 53.6 Å². The summed E-state index contributed by atoms with van der Waals surface area (Å²) in [5.41, 5.74) is 0.884. The number of aryl methyl sites for hydroxylation is 1. The van der Waals surface area contributed by atoms with Gasteiger partial charge in [-0.1, -0.05) is 12.1 Å². The van der Waals surface area contributed by atoms with Crippen molar-refractivity contribution in [3.63, 3.8) is 0 Å². The number of nitrogens with zero attached hydrogens (tertiary/aromatic N) is 2. The molecule has 0 bridgehead atoms. The van der Waals surface area contributed by atoms with E-state index in [2.05, 4.69) is 10.4 Å². The van der Waals surface area contributed by atoms with Crippen molar-refractivity contribution in [2.75, 3.05) is 6.54 Å². The fourth-order valence-electron chi connectivity index (χ4n) is 2.22. The predicted molar refractivity (Wildman–Crippen MR) is 80.3 cm³/mol. The minimum atomic E-state index is -0.967. The number of rotatable bonds is 6. The largest absolute Gasteiger partial charge is 0.384 e. The maximum absolute atomic E-state index is 12.9. The van der Waals surface area contributed by atoms with Gasteiger partial charge in [-0.25, -0.2) is 4.39 Å². The van der Waals surface area contributed by atoms with E-state index in [1.165, 1.54) is 12.1 Å². The van der Waals surface area contributed by atoms with E-state index < -0.39 is 5.60 Å². The van der Waals surface area contributed by atoms with Gasteiger partial charge in [0.2, 0.25) is 0 Å². The minimum absolute atomic E-state index is 0.179. The second-order valence-corrected chi connectivity index (χ2v) is 5.79. The van der Waals surface area contributed by atoms with Gasteiger partial charge in [0.15, 0.2) is 0 Å². The lowest BCUT2D eigenvalue weighted by Crippen LogP contribution is -2.40. The summed E-state index contributed by atoms with van der Waals surface area (Å²) in [4.78, 5) is 0. The highest BCUT2D eigenvalue weighted by Crippen LogP contribution is 2.19. The van der Waals surface area contributed by atoms with Crippen LogP contribution in [0, 0.1) is 5.82 Å². The van der Waals surface area contributed by atoms with Crippen molar-refractivity contribution >= 4 is 0 Å². The van der Waals surface area contributed by atoms with Crippen LogP contribution in [0.15, 0.2) is 36.7 Å². The molecule has 0 saturated heterocycles. The van der Waals surface area contributed by atoms with E-state index in [0.29, 0.717) is 6.54 Å². The average molecular weight is 291 g/mol. The highest BCUT2D eigenvalue weighted by Gasteiger charge is 2.25. The second-order valence-electron chi connectivity index (χ2n) is 5.79. The Labute approximate surface area is 124 Å². The van der Waals surface area contributed by atoms with Gasteiger partial charge < -0.3 is 10.4 Å². The van der Waals surface area contributed by atoms with E-state index in [1.54, 1.807) is 29.9 Å². The molecule has 2 N–H and O–H groups in total. The molecule has 114 valence electrons. The quantitative estimate of drug-likeness (QED) is 0.856. The first-order valence-corrected chi connectivity index (χ1v) is 7.06. The molecule has 0 aliphatic heterocycles. The van der Waals surface area contributed by atoms with Crippen LogP contribution in [0.4, 0.5) is 4.39 Å². The van der Waals surface area contributed by atoms with Gasteiger partial charge in [-0.2, -0.15) is 5.10 Å². The highest BCUT2D eigenvalue weighted by atomic mass is 19.1. The van der Waals surface area contributed by atoms with Crippen molar-refractivity contribution in [3.8, 4) is 0 Å². The van der Waals surface area contributed by atoms with Crippen molar-refractivity contribution in [1.82, 2.24) is 15.1 Å². The lowest BCUT2D eigenvalue weighted by atomic mass is 9.98. The fraction of sp³-hybridized carbons (Fsp3) is 0.438. The molecule has 2 atom stereocenters. The lowest BCUT2D eigenvalue weighted by Gasteiger charge is -2.25. The Bertz CT molecular complexity index is 577. The van der Waals surface area contributed by atoms with Crippen molar-refractivity contribution in [2.24, 2.45) is 7.05 Å². The van der Waals surface area contributed by atoms with E-state index in [4.69, 9.17) is 0 Å². The molecule has 21 heavy (non-hydrogen) atoms. The first kappa shape index (κ1) is 15.7. The van der Waals surface area contributed by atoms with Crippen LogP contribution < -0.4 is 5.32 Å². The van der Waals surface area contributed by atoms with Crippen LogP contribution in [0.1, 0.15) is 25.0 Å². The van der Waals surface area contributed by atoms with Crippen LogP contribution in [0.25, 0.3) is 0 Å². The zero-order chi connectivity index (χ0) is 15.5.